The Morgan fingerprint density at radius 2 is 1.15 bits per heavy atom. The molecule has 2 heterocycles. The molecule has 2 aliphatic carbocycles. The van der Waals surface area contributed by atoms with Crippen molar-refractivity contribution in [2.24, 2.45) is 0 Å². The second-order valence-corrected chi connectivity index (χ2v) is 20.6. The van der Waals surface area contributed by atoms with Crippen LogP contribution >= 0.6 is 45.2 Å². The molecule has 0 radical (unpaired) electrons. The molecule has 0 spiro atoms. The third-order valence-electron chi connectivity index (χ3n) is 9.92. The molecule has 6 aromatic rings. The first-order valence-corrected chi connectivity index (χ1v) is 23.1. The molecule has 0 amide bonds. The normalized spacial score (nSPS) is 14.7. The van der Waals surface area contributed by atoms with Crippen LogP contribution in [0.1, 0.15) is 43.5 Å². The highest BCUT2D eigenvalue weighted by Gasteiger charge is 2.54. The second kappa shape index (κ2) is 16.7. The van der Waals surface area contributed by atoms with Gasteiger partial charge in [0, 0.05) is 35.9 Å². The van der Waals surface area contributed by atoms with Crippen LogP contribution in [0.4, 0.5) is 51.7 Å². The Labute approximate surface area is 363 Å². The van der Waals surface area contributed by atoms with Crippen molar-refractivity contribution < 1.29 is 39.5 Å². The van der Waals surface area contributed by atoms with Gasteiger partial charge in [0.15, 0.2) is 11.6 Å². The Bertz CT molecular complexity index is 2870. The number of rotatable bonds is 12. The van der Waals surface area contributed by atoms with Gasteiger partial charge in [0.25, 0.3) is 0 Å². The predicted molar refractivity (Wildman–Crippen MR) is 235 cm³/mol. The number of hydrogen-bond donors (Lipinski definition) is 5. The summed E-state index contributed by atoms with van der Waals surface area (Å²) in [6.07, 6.45) is 4.43. The molecule has 0 saturated heterocycles. The van der Waals surface area contributed by atoms with Gasteiger partial charge in [-0.25, -0.2) is 54.3 Å². The van der Waals surface area contributed by atoms with Crippen LogP contribution in [0.15, 0.2) is 61.2 Å². The van der Waals surface area contributed by atoms with Gasteiger partial charge in [0.1, 0.15) is 46.7 Å². The van der Waals surface area contributed by atoms with E-state index in [4.69, 9.17) is 0 Å². The standard InChI is InChI=1S/C20H19F2IN4O3S.C18H15F2IN4O2S/c1-11-13-9-16(27-31(29,30)20(4-5-20)6-7-28)19(17(22)18(13)25-10-24-11)26-15-3-2-12(23)8-14(15)21;1-9-12-7-15(25-28(26,27)11-3-4-11)18(16(20)17(12)23-8-22-9)24-14-5-2-10(21)6-13(14)19/h2-3,8-10,26-28H,4-7H2,1H3;2,5-8,11,24-25H,3-4H2,1H3. The maximum atomic E-state index is 15.5. The molecular weight excluding hydrogens is 1040 g/mol. The number of aromatic nitrogens is 4. The van der Waals surface area contributed by atoms with Crippen LogP contribution in [0.3, 0.4) is 0 Å². The van der Waals surface area contributed by atoms with Crippen LogP contribution < -0.4 is 20.1 Å². The highest BCUT2D eigenvalue weighted by molar-refractivity contribution is 14.1. The molecule has 59 heavy (non-hydrogen) atoms. The third-order valence-corrected chi connectivity index (χ3v) is 15.4. The average molecular weight is 1080 g/mol. The molecule has 21 heteroatoms. The van der Waals surface area contributed by atoms with Gasteiger partial charge < -0.3 is 15.7 Å². The van der Waals surface area contributed by atoms with Crippen molar-refractivity contribution in [3.05, 3.63) is 103 Å². The molecule has 2 fully saturated rings. The van der Waals surface area contributed by atoms with Crippen LogP contribution in [0, 0.1) is 44.3 Å². The van der Waals surface area contributed by atoms with Crippen molar-refractivity contribution in [1.29, 1.82) is 0 Å². The molecular formula is C38H34F4I2N8O5S2. The number of aryl methyl sites for hydroxylation is 2. The van der Waals surface area contributed by atoms with Crippen LogP contribution in [-0.4, -0.2) is 58.5 Å². The lowest BCUT2D eigenvalue weighted by atomic mass is 10.1. The Kier molecular flexibility index (Phi) is 12.1. The van der Waals surface area contributed by atoms with E-state index in [9.17, 15) is 30.7 Å². The summed E-state index contributed by atoms with van der Waals surface area (Å²) in [6, 6.07) is 11.7. The molecule has 0 atom stereocenters. The van der Waals surface area contributed by atoms with E-state index < -0.39 is 53.3 Å². The largest absolute Gasteiger partial charge is 0.396 e. The van der Waals surface area contributed by atoms with Crippen molar-refractivity contribution >= 4 is 121 Å². The minimum Gasteiger partial charge on any atom is -0.396 e. The molecule has 2 aromatic heterocycles. The summed E-state index contributed by atoms with van der Waals surface area (Å²) < 4.78 is 116. The predicted octanol–water partition coefficient (Wildman–Crippen LogP) is 8.69. The smallest absolute Gasteiger partial charge is 0.238 e. The van der Waals surface area contributed by atoms with Gasteiger partial charge in [-0.05, 0) is 140 Å². The van der Waals surface area contributed by atoms with Gasteiger partial charge in [-0.2, -0.15) is 0 Å². The fourth-order valence-corrected chi connectivity index (χ4v) is 10.3. The van der Waals surface area contributed by atoms with E-state index >= 15 is 8.78 Å². The Morgan fingerprint density at radius 1 is 0.695 bits per heavy atom. The molecule has 5 N–H and O–H groups in total. The first-order chi connectivity index (χ1) is 27.9. The van der Waals surface area contributed by atoms with Crippen LogP contribution in [0.2, 0.25) is 0 Å². The summed E-state index contributed by atoms with van der Waals surface area (Å²) in [5, 5.41) is 14.9. The number of sulfonamides is 2. The number of nitrogens with one attached hydrogen (secondary N) is 4. The second-order valence-electron chi connectivity index (χ2n) is 14.0. The highest BCUT2D eigenvalue weighted by atomic mass is 127. The van der Waals surface area contributed by atoms with Gasteiger partial charge in [-0.15, -0.1) is 0 Å². The first kappa shape index (κ1) is 42.9. The summed E-state index contributed by atoms with van der Waals surface area (Å²) in [7, 11) is -7.61. The van der Waals surface area contributed by atoms with E-state index in [0.717, 1.165) is 0 Å². The molecule has 2 aliphatic rings. The molecule has 0 bridgehead atoms. The van der Waals surface area contributed by atoms with Crippen molar-refractivity contribution in [3.8, 4) is 0 Å². The lowest BCUT2D eigenvalue weighted by molar-refractivity contribution is 0.283. The minimum absolute atomic E-state index is 0.00671. The lowest BCUT2D eigenvalue weighted by Gasteiger charge is -2.21. The molecule has 2 saturated carbocycles. The number of hydrogen-bond acceptors (Lipinski definition) is 11. The minimum atomic E-state index is -3.95. The summed E-state index contributed by atoms with van der Waals surface area (Å²) in [4.78, 5) is 16.0. The first-order valence-electron chi connectivity index (χ1n) is 17.9. The SMILES string of the molecule is Cc1ncnc2c(F)c(Nc3ccc(I)cc3F)c(NS(=O)(=O)C3(CCO)CC3)cc12.Cc1ncnc2c(F)c(Nc3ccc(I)cc3F)c(NS(=O)(=O)C3CC3)cc12. The zero-order chi connectivity index (χ0) is 42.4. The van der Waals surface area contributed by atoms with Crippen molar-refractivity contribution in [3.63, 3.8) is 0 Å². The van der Waals surface area contributed by atoms with Gasteiger partial charge in [-0.3, -0.25) is 9.44 Å². The maximum absolute atomic E-state index is 15.5. The van der Waals surface area contributed by atoms with Crippen molar-refractivity contribution in [2.45, 2.75) is 55.9 Å². The molecule has 8 rings (SSSR count). The van der Waals surface area contributed by atoms with Crippen molar-refractivity contribution in [1.82, 2.24) is 19.9 Å². The number of aliphatic hydroxyl groups is 1. The quantitative estimate of drug-likeness (QED) is 0.0583. The topological polar surface area (TPSA) is 188 Å². The summed E-state index contributed by atoms with van der Waals surface area (Å²) in [5.74, 6) is -2.81. The van der Waals surface area contributed by atoms with E-state index in [2.05, 4.69) is 40.0 Å². The number of nitrogens with zero attached hydrogens (tertiary/aromatic N) is 4. The molecule has 0 aliphatic heterocycles. The Balaban J connectivity index is 0.000000180. The molecule has 4 aromatic carbocycles. The van der Waals surface area contributed by atoms with Gasteiger partial charge in [0.2, 0.25) is 20.0 Å². The lowest BCUT2D eigenvalue weighted by Crippen LogP contribution is -2.31. The zero-order valence-corrected chi connectivity index (χ0v) is 37.0. The van der Waals surface area contributed by atoms with E-state index in [1.807, 2.05) is 45.2 Å². The highest BCUT2D eigenvalue weighted by Crippen LogP contribution is 2.48. The number of halogens is 6. The van der Waals surface area contributed by atoms with Crippen LogP contribution in [0.25, 0.3) is 21.8 Å². The Hall–Kier alpha value is -4.20. The number of aliphatic hydroxyl groups excluding tert-OH is 1. The summed E-state index contributed by atoms with van der Waals surface area (Å²) >= 11 is 3.92. The maximum Gasteiger partial charge on any atom is 0.238 e. The van der Waals surface area contributed by atoms with E-state index in [1.165, 1.54) is 49.1 Å². The molecule has 0 unspecified atom stereocenters. The molecule has 13 nitrogen and oxygen atoms in total. The van der Waals surface area contributed by atoms with Gasteiger partial charge in [-0.1, -0.05) is 0 Å². The fourth-order valence-electron chi connectivity index (χ4n) is 6.29. The number of benzene rings is 4. The monoisotopic (exact) mass is 1080 g/mol. The Morgan fingerprint density at radius 3 is 1.56 bits per heavy atom. The average Bonchev–Trinajstić information content (AvgIpc) is 4.10. The van der Waals surface area contributed by atoms with Gasteiger partial charge in [0.05, 0.1) is 32.7 Å². The van der Waals surface area contributed by atoms with E-state index in [-0.39, 0.29) is 58.2 Å². The number of fused-ring (bicyclic) bond motifs is 2. The zero-order valence-electron chi connectivity index (χ0n) is 31.0. The fraction of sp³-hybridized carbons (Fsp3) is 0.263. The van der Waals surface area contributed by atoms with Gasteiger partial charge >= 0.3 is 0 Å². The third kappa shape index (κ3) is 8.98. The summed E-state index contributed by atoms with van der Waals surface area (Å²) in [6.45, 7) is 3.05. The van der Waals surface area contributed by atoms with E-state index in [0.29, 0.717) is 55.0 Å². The van der Waals surface area contributed by atoms with Crippen LogP contribution in [0.5, 0.6) is 0 Å². The summed E-state index contributed by atoms with van der Waals surface area (Å²) in [5.41, 5.74) is 0.478. The number of anilines is 6. The molecule has 310 valence electrons. The van der Waals surface area contributed by atoms with Crippen molar-refractivity contribution in [2.75, 3.05) is 26.7 Å². The van der Waals surface area contributed by atoms with Crippen LogP contribution in [-0.2, 0) is 20.0 Å². The van der Waals surface area contributed by atoms with E-state index in [1.54, 1.807) is 26.0 Å².